The largest absolute Gasteiger partial charge is 0.439 e. The van der Waals surface area contributed by atoms with E-state index in [0.29, 0.717) is 28.2 Å². The third kappa shape index (κ3) is 3.21. The predicted molar refractivity (Wildman–Crippen MR) is 77.2 cm³/mol. The minimum absolute atomic E-state index is 0.538. The molecule has 0 unspecified atom stereocenters. The van der Waals surface area contributed by atoms with Crippen LogP contribution < -0.4 is 10.1 Å². The van der Waals surface area contributed by atoms with Gasteiger partial charge in [0.1, 0.15) is 5.75 Å². The Labute approximate surface area is 122 Å². The number of rotatable bonds is 4. The Kier molecular flexibility index (Phi) is 4.34. The smallest absolute Gasteiger partial charge is 0.222 e. The standard InChI is InChI=1S/C13H15Cl2N3O/c1-8-12(7-16-2)13(18(3)17-8)19-11-5-9(14)4-10(15)6-11/h4-6,16H,7H2,1-3H3. The third-order valence-electron chi connectivity index (χ3n) is 2.69. The Balaban J connectivity index is 2.37. The molecule has 0 aliphatic heterocycles. The van der Waals surface area contributed by atoms with Gasteiger partial charge in [0.25, 0.3) is 0 Å². The van der Waals surface area contributed by atoms with Gasteiger partial charge in [0.15, 0.2) is 0 Å². The molecule has 1 heterocycles. The molecule has 19 heavy (non-hydrogen) atoms. The van der Waals surface area contributed by atoms with Gasteiger partial charge in [-0.1, -0.05) is 23.2 Å². The summed E-state index contributed by atoms with van der Waals surface area (Å²) in [5.74, 6) is 1.28. The van der Waals surface area contributed by atoms with Gasteiger partial charge in [-0.05, 0) is 32.2 Å². The molecule has 0 saturated carbocycles. The highest BCUT2D eigenvalue weighted by molar-refractivity contribution is 6.34. The van der Waals surface area contributed by atoms with Crippen molar-refractivity contribution in [1.29, 1.82) is 0 Å². The zero-order valence-corrected chi connectivity index (χ0v) is 12.5. The molecule has 0 aliphatic rings. The molecule has 0 radical (unpaired) electrons. The highest BCUT2D eigenvalue weighted by Crippen LogP contribution is 2.31. The molecule has 2 rings (SSSR count). The summed E-state index contributed by atoms with van der Waals surface area (Å²) in [6.45, 7) is 2.63. The van der Waals surface area contributed by atoms with Crippen LogP contribution in [0.2, 0.25) is 10.0 Å². The van der Waals surface area contributed by atoms with Gasteiger partial charge in [0.2, 0.25) is 5.88 Å². The van der Waals surface area contributed by atoms with E-state index in [9.17, 15) is 0 Å². The minimum atomic E-state index is 0.538. The maximum atomic E-state index is 5.96. The minimum Gasteiger partial charge on any atom is -0.439 e. The van der Waals surface area contributed by atoms with Crippen molar-refractivity contribution < 1.29 is 4.74 Å². The zero-order valence-electron chi connectivity index (χ0n) is 11.0. The van der Waals surface area contributed by atoms with Gasteiger partial charge in [-0.3, -0.25) is 0 Å². The molecule has 0 saturated heterocycles. The SMILES string of the molecule is CNCc1c(C)nn(C)c1Oc1cc(Cl)cc(Cl)c1. The van der Waals surface area contributed by atoms with Gasteiger partial charge in [-0.15, -0.1) is 0 Å². The van der Waals surface area contributed by atoms with Crippen molar-refractivity contribution in [3.05, 3.63) is 39.5 Å². The molecule has 0 aliphatic carbocycles. The number of nitrogens with zero attached hydrogens (tertiary/aromatic N) is 2. The van der Waals surface area contributed by atoms with Crippen molar-refractivity contribution in [2.75, 3.05) is 7.05 Å². The summed E-state index contributed by atoms with van der Waals surface area (Å²) in [4.78, 5) is 0. The first kappa shape index (κ1) is 14.2. The van der Waals surface area contributed by atoms with Crippen LogP contribution in [0.15, 0.2) is 18.2 Å². The molecule has 0 bridgehead atoms. The second kappa shape index (κ2) is 5.82. The van der Waals surface area contributed by atoms with Crippen LogP contribution in [0.1, 0.15) is 11.3 Å². The summed E-state index contributed by atoms with van der Waals surface area (Å²) in [6.07, 6.45) is 0. The molecule has 1 aromatic heterocycles. The molecule has 4 nitrogen and oxygen atoms in total. The molecule has 0 amide bonds. The van der Waals surface area contributed by atoms with E-state index >= 15 is 0 Å². The Hall–Kier alpha value is -1.23. The van der Waals surface area contributed by atoms with Gasteiger partial charge in [-0.2, -0.15) is 5.10 Å². The lowest BCUT2D eigenvalue weighted by Crippen LogP contribution is -2.07. The van der Waals surface area contributed by atoms with Crippen LogP contribution in [0.5, 0.6) is 11.6 Å². The van der Waals surface area contributed by atoms with E-state index in [2.05, 4.69) is 10.4 Å². The molecule has 1 N–H and O–H groups in total. The van der Waals surface area contributed by atoms with Crippen LogP contribution in [0.3, 0.4) is 0 Å². The van der Waals surface area contributed by atoms with Gasteiger partial charge in [0.05, 0.1) is 11.3 Å². The van der Waals surface area contributed by atoms with E-state index in [1.54, 1.807) is 22.9 Å². The molecular weight excluding hydrogens is 285 g/mol. The maximum Gasteiger partial charge on any atom is 0.222 e. The lowest BCUT2D eigenvalue weighted by Gasteiger charge is -2.09. The van der Waals surface area contributed by atoms with Crippen molar-refractivity contribution >= 4 is 23.2 Å². The summed E-state index contributed by atoms with van der Waals surface area (Å²) in [5.41, 5.74) is 1.95. The maximum absolute atomic E-state index is 5.96. The van der Waals surface area contributed by atoms with Crippen LogP contribution in [-0.4, -0.2) is 16.8 Å². The van der Waals surface area contributed by atoms with Crippen LogP contribution in [-0.2, 0) is 13.6 Å². The average Bonchev–Trinajstić information content (AvgIpc) is 2.55. The van der Waals surface area contributed by atoms with Crippen molar-refractivity contribution in [2.24, 2.45) is 7.05 Å². The van der Waals surface area contributed by atoms with E-state index in [-0.39, 0.29) is 0 Å². The van der Waals surface area contributed by atoms with E-state index in [1.807, 2.05) is 21.0 Å². The van der Waals surface area contributed by atoms with Crippen LogP contribution in [0.4, 0.5) is 0 Å². The van der Waals surface area contributed by atoms with Crippen LogP contribution in [0, 0.1) is 6.92 Å². The summed E-state index contributed by atoms with van der Waals surface area (Å²) < 4.78 is 7.57. The number of benzene rings is 1. The lowest BCUT2D eigenvalue weighted by molar-refractivity contribution is 0.424. The van der Waals surface area contributed by atoms with Crippen molar-refractivity contribution in [3.8, 4) is 11.6 Å². The summed E-state index contributed by atoms with van der Waals surface area (Å²) in [7, 11) is 3.72. The highest BCUT2D eigenvalue weighted by Gasteiger charge is 2.15. The molecular formula is C13H15Cl2N3O. The normalized spacial score (nSPS) is 10.8. The summed E-state index contributed by atoms with van der Waals surface area (Å²) in [6, 6.07) is 5.11. The van der Waals surface area contributed by atoms with Crippen molar-refractivity contribution in [1.82, 2.24) is 15.1 Å². The fraction of sp³-hybridized carbons (Fsp3) is 0.308. The fourth-order valence-electron chi connectivity index (χ4n) is 1.89. The molecule has 2 aromatic rings. The second-order valence-electron chi connectivity index (χ2n) is 4.23. The number of nitrogens with one attached hydrogen (secondary N) is 1. The number of hydrogen-bond acceptors (Lipinski definition) is 3. The summed E-state index contributed by atoms with van der Waals surface area (Å²) >= 11 is 11.9. The van der Waals surface area contributed by atoms with Crippen molar-refractivity contribution in [2.45, 2.75) is 13.5 Å². The Bertz CT molecular complexity index is 576. The average molecular weight is 300 g/mol. The van der Waals surface area contributed by atoms with Gasteiger partial charge in [-0.25, -0.2) is 4.68 Å². The predicted octanol–water partition coefficient (Wildman–Crippen LogP) is 3.55. The molecule has 0 fully saturated rings. The van der Waals surface area contributed by atoms with Crippen molar-refractivity contribution in [3.63, 3.8) is 0 Å². The number of hydrogen-bond donors (Lipinski definition) is 1. The van der Waals surface area contributed by atoms with Gasteiger partial charge < -0.3 is 10.1 Å². The number of aryl methyl sites for hydroxylation is 2. The van der Waals surface area contributed by atoms with Gasteiger partial charge >= 0.3 is 0 Å². The van der Waals surface area contributed by atoms with E-state index in [0.717, 1.165) is 11.3 Å². The topological polar surface area (TPSA) is 39.1 Å². The molecule has 0 atom stereocenters. The van der Waals surface area contributed by atoms with E-state index < -0.39 is 0 Å². The molecule has 6 heteroatoms. The number of ether oxygens (including phenoxy) is 1. The number of aromatic nitrogens is 2. The Morgan fingerprint density at radius 3 is 2.47 bits per heavy atom. The zero-order chi connectivity index (χ0) is 14.0. The molecule has 1 aromatic carbocycles. The van der Waals surface area contributed by atoms with E-state index in [1.165, 1.54) is 0 Å². The lowest BCUT2D eigenvalue weighted by atomic mass is 10.2. The molecule has 0 spiro atoms. The number of halogens is 2. The summed E-state index contributed by atoms with van der Waals surface area (Å²) in [5, 5.41) is 8.53. The second-order valence-corrected chi connectivity index (χ2v) is 5.10. The Morgan fingerprint density at radius 1 is 1.26 bits per heavy atom. The quantitative estimate of drug-likeness (QED) is 0.938. The van der Waals surface area contributed by atoms with Crippen LogP contribution in [0.25, 0.3) is 0 Å². The Morgan fingerprint density at radius 2 is 1.89 bits per heavy atom. The first-order valence-electron chi connectivity index (χ1n) is 5.82. The third-order valence-corrected chi connectivity index (χ3v) is 3.13. The van der Waals surface area contributed by atoms with Crippen LogP contribution >= 0.6 is 23.2 Å². The van der Waals surface area contributed by atoms with Gasteiger partial charge in [0, 0.05) is 23.6 Å². The fourth-order valence-corrected chi connectivity index (χ4v) is 2.39. The van der Waals surface area contributed by atoms with E-state index in [4.69, 9.17) is 27.9 Å². The first-order chi connectivity index (χ1) is 9.01. The monoisotopic (exact) mass is 299 g/mol. The first-order valence-corrected chi connectivity index (χ1v) is 6.58. The molecule has 102 valence electrons. The highest BCUT2D eigenvalue weighted by atomic mass is 35.5.